The molecular weight excluding hydrogens is 478 g/mol. The van der Waals surface area contributed by atoms with Crippen molar-refractivity contribution in [2.75, 3.05) is 11.9 Å². The van der Waals surface area contributed by atoms with Crippen molar-refractivity contribution in [3.63, 3.8) is 0 Å². The maximum absolute atomic E-state index is 12.5. The summed E-state index contributed by atoms with van der Waals surface area (Å²) in [5.74, 6) is 1.88. The Bertz CT molecular complexity index is 1320. The Morgan fingerprint density at radius 3 is 2.42 bits per heavy atom. The van der Waals surface area contributed by atoms with Gasteiger partial charge < -0.3 is 14.8 Å². The molecule has 36 heavy (non-hydrogen) atoms. The standard InChI is InChI=1S/C27H32ClN5O3/c1-17-8-12-21(13-9-17)36-18(2)26(34)29-19-10-14-20(15-11-19)35-16-6-7-22-30-25-23(28)24(27(3,4)5)32-33(25)31-22/h8-15,18,32H,6-7,16H2,1-5H3,(H,29,34). The molecule has 2 N–H and O–H groups in total. The van der Waals surface area contributed by atoms with E-state index in [1.165, 1.54) is 0 Å². The van der Waals surface area contributed by atoms with Crippen LogP contribution in [0, 0.1) is 6.92 Å². The van der Waals surface area contributed by atoms with Crippen LogP contribution in [0.3, 0.4) is 0 Å². The third kappa shape index (κ3) is 6.18. The number of fused-ring (bicyclic) bond motifs is 1. The summed E-state index contributed by atoms with van der Waals surface area (Å²) in [5.41, 5.74) is 3.27. The second-order valence-electron chi connectivity index (χ2n) is 9.85. The number of carbonyl (C=O) groups is 1. The molecule has 9 heteroatoms. The van der Waals surface area contributed by atoms with Crippen LogP contribution in [0.25, 0.3) is 5.65 Å². The second-order valence-corrected chi connectivity index (χ2v) is 10.2. The number of H-pyrrole nitrogens is 1. The van der Waals surface area contributed by atoms with Gasteiger partial charge in [0.25, 0.3) is 5.91 Å². The highest BCUT2D eigenvalue weighted by Crippen LogP contribution is 2.30. The maximum atomic E-state index is 12.5. The van der Waals surface area contributed by atoms with Gasteiger partial charge in [-0.25, -0.2) is 4.98 Å². The van der Waals surface area contributed by atoms with Crippen molar-refractivity contribution in [3.05, 3.63) is 70.6 Å². The van der Waals surface area contributed by atoms with Crippen LogP contribution in [0.5, 0.6) is 11.5 Å². The Balaban J connectivity index is 1.22. The number of halogens is 1. The van der Waals surface area contributed by atoms with Gasteiger partial charge >= 0.3 is 0 Å². The van der Waals surface area contributed by atoms with Crippen molar-refractivity contribution in [2.24, 2.45) is 0 Å². The predicted octanol–water partition coefficient (Wildman–Crippen LogP) is 5.73. The molecule has 2 aromatic carbocycles. The summed E-state index contributed by atoms with van der Waals surface area (Å²) in [5, 5.41) is 11.2. The van der Waals surface area contributed by atoms with Gasteiger partial charge in [-0.2, -0.15) is 4.63 Å². The highest BCUT2D eigenvalue weighted by molar-refractivity contribution is 6.34. The van der Waals surface area contributed by atoms with Crippen LogP contribution in [-0.2, 0) is 16.6 Å². The highest BCUT2D eigenvalue weighted by atomic mass is 35.5. The fourth-order valence-corrected chi connectivity index (χ4v) is 4.07. The number of amides is 1. The summed E-state index contributed by atoms with van der Waals surface area (Å²) >= 11 is 6.49. The van der Waals surface area contributed by atoms with Gasteiger partial charge in [0, 0.05) is 17.5 Å². The molecule has 2 aromatic heterocycles. The van der Waals surface area contributed by atoms with E-state index in [0.717, 1.165) is 23.4 Å². The molecule has 190 valence electrons. The average Bonchev–Trinajstić information content (AvgIpc) is 3.37. The molecule has 1 atom stereocenters. The van der Waals surface area contributed by atoms with Crippen LogP contribution in [0.2, 0.25) is 5.02 Å². The van der Waals surface area contributed by atoms with E-state index in [2.05, 4.69) is 41.3 Å². The number of anilines is 1. The number of nitrogens with zero attached hydrogens (tertiary/aromatic N) is 3. The van der Waals surface area contributed by atoms with Crippen molar-refractivity contribution in [3.8, 4) is 11.5 Å². The number of ether oxygens (including phenoxy) is 2. The van der Waals surface area contributed by atoms with E-state index in [4.69, 9.17) is 21.1 Å². The molecule has 4 rings (SSSR count). The molecule has 0 saturated heterocycles. The zero-order chi connectivity index (χ0) is 25.9. The third-order valence-corrected chi connectivity index (χ3v) is 6.03. The highest BCUT2D eigenvalue weighted by Gasteiger charge is 2.24. The Labute approximate surface area is 216 Å². The molecule has 0 fully saturated rings. The summed E-state index contributed by atoms with van der Waals surface area (Å²) in [6.45, 7) is 10.5. The molecular formula is C27H32ClN5O3. The molecule has 4 aromatic rings. The molecule has 0 aliphatic rings. The number of benzene rings is 2. The zero-order valence-corrected chi connectivity index (χ0v) is 22.0. The number of rotatable bonds is 9. The lowest BCUT2D eigenvalue weighted by molar-refractivity contribution is -0.122. The lowest BCUT2D eigenvalue weighted by Crippen LogP contribution is -2.30. The summed E-state index contributed by atoms with van der Waals surface area (Å²) in [6.07, 6.45) is 0.801. The minimum atomic E-state index is -0.623. The van der Waals surface area contributed by atoms with E-state index < -0.39 is 6.10 Å². The van der Waals surface area contributed by atoms with Gasteiger partial charge in [0.05, 0.1) is 12.3 Å². The first kappa shape index (κ1) is 25.6. The number of aromatic amines is 1. The second kappa shape index (κ2) is 10.6. The van der Waals surface area contributed by atoms with Crippen LogP contribution in [-0.4, -0.2) is 38.4 Å². The Morgan fingerprint density at radius 2 is 1.78 bits per heavy atom. The van der Waals surface area contributed by atoms with Gasteiger partial charge in [0.15, 0.2) is 17.6 Å². The van der Waals surface area contributed by atoms with Gasteiger partial charge in [-0.05, 0) is 56.7 Å². The number of hydrogen-bond acceptors (Lipinski definition) is 5. The van der Waals surface area contributed by atoms with Crippen molar-refractivity contribution in [1.82, 2.24) is 19.8 Å². The molecule has 0 saturated carbocycles. The zero-order valence-electron chi connectivity index (χ0n) is 21.3. The third-order valence-electron chi connectivity index (χ3n) is 5.67. The summed E-state index contributed by atoms with van der Waals surface area (Å²) < 4.78 is 13.2. The first-order chi connectivity index (χ1) is 17.1. The van der Waals surface area contributed by atoms with Gasteiger partial charge in [-0.15, -0.1) is 5.10 Å². The number of aryl methyl sites for hydroxylation is 2. The van der Waals surface area contributed by atoms with E-state index in [-0.39, 0.29) is 11.3 Å². The van der Waals surface area contributed by atoms with Crippen LogP contribution in [0.1, 0.15) is 51.2 Å². The Hall–Kier alpha value is -3.52. The molecule has 0 aliphatic carbocycles. The molecule has 8 nitrogen and oxygen atoms in total. The normalized spacial score (nSPS) is 12.5. The molecule has 2 heterocycles. The van der Waals surface area contributed by atoms with E-state index in [9.17, 15) is 4.79 Å². The molecule has 1 unspecified atom stereocenters. The van der Waals surface area contributed by atoms with Gasteiger partial charge in [-0.3, -0.25) is 9.89 Å². The fourth-order valence-electron chi connectivity index (χ4n) is 3.62. The molecule has 1 amide bonds. The Kier molecular flexibility index (Phi) is 7.54. The molecule has 0 aliphatic heterocycles. The predicted molar refractivity (Wildman–Crippen MR) is 141 cm³/mol. The smallest absolute Gasteiger partial charge is 0.265 e. The Morgan fingerprint density at radius 1 is 1.11 bits per heavy atom. The van der Waals surface area contributed by atoms with Gasteiger partial charge in [0.1, 0.15) is 16.5 Å². The first-order valence-electron chi connectivity index (χ1n) is 12.0. The topological polar surface area (TPSA) is 93.5 Å². The van der Waals surface area contributed by atoms with E-state index in [0.29, 0.717) is 41.0 Å². The van der Waals surface area contributed by atoms with Crippen molar-refractivity contribution in [2.45, 2.75) is 59.0 Å². The van der Waals surface area contributed by atoms with E-state index >= 15 is 0 Å². The van der Waals surface area contributed by atoms with Crippen LogP contribution in [0.15, 0.2) is 48.5 Å². The lowest BCUT2D eigenvalue weighted by Gasteiger charge is -2.16. The van der Waals surface area contributed by atoms with E-state index in [1.807, 2.05) is 43.3 Å². The first-order valence-corrected chi connectivity index (χ1v) is 12.4. The van der Waals surface area contributed by atoms with Gasteiger partial charge in [0.2, 0.25) is 0 Å². The monoisotopic (exact) mass is 509 g/mol. The summed E-state index contributed by atoms with van der Waals surface area (Å²) in [6, 6.07) is 14.9. The minimum Gasteiger partial charge on any atom is -0.494 e. The van der Waals surface area contributed by atoms with Crippen LogP contribution < -0.4 is 14.8 Å². The SMILES string of the molecule is Cc1ccc(OC(C)C(=O)Nc2ccc(OCCCc3nc4c(Cl)c(C(C)(C)C)[nH]n4n3)cc2)cc1. The summed E-state index contributed by atoms with van der Waals surface area (Å²) in [4.78, 5) is 17.0. The number of aromatic nitrogens is 4. The quantitative estimate of drug-likeness (QED) is 0.281. The van der Waals surface area contributed by atoms with Crippen LogP contribution in [0.4, 0.5) is 5.69 Å². The van der Waals surface area contributed by atoms with Crippen molar-refractivity contribution < 1.29 is 14.3 Å². The fraction of sp³-hybridized carbons (Fsp3) is 0.370. The molecule has 0 spiro atoms. The number of nitrogens with one attached hydrogen (secondary N) is 2. The largest absolute Gasteiger partial charge is 0.494 e. The lowest BCUT2D eigenvalue weighted by atomic mass is 9.92. The minimum absolute atomic E-state index is 0.112. The number of hydrogen-bond donors (Lipinski definition) is 2. The number of carbonyl (C=O) groups excluding carboxylic acids is 1. The van der Waals surface area contributed by atoms with Crippen molar-refractivity contribution >= 4 is 28.8 Å². The van der Waals surface area contributed by atoms with Crippen molar-refractivity contribution in [1.29, 1.82) is 0 Å². The molecule has 0 bridgehead atoms. The van der Waals surface area contributed by atoms with E-state index in [1.54, 1.807) is 23.7 Å². The van der Waals surface area contributed by atoms with Gasteiger partial charge in [-0.1, -0.05) is 50.1 Å². The maximum Gasteiger partial charge on any atom is 0.265 e. The van der Waals surface area contributed by atoms with Crippen LogP contribution >= 0.6 is 11.6 Å². The molecule has 0 radical (unpaired) electrons. The summed E-state index contributed by atoms with van der Waals surface area (Å²) in [7, 11) is 0. The average molecular weight is 510 g/mol.